The van der Waals surface area contributed by atoms with Gasteiger partial charge in [0.2, 0.25) is 5.95 Å². The predicted molar refractivity (Wildman–Crippen MR) is 60.2 cm³/mol. The van der Waals surface area contributed by atoms with Crippen LogP contribution < -0.4 is 16.6 Å². The summed E-state index contributed by atoms with van der Waals surface area (Å²) in [6.07, 6.45) is 4.39. The van der Waals surface area contributed by atoms with E-state index in [-0.39, 0.29) is 11.8 Å². The van der Waals surface area contributed by atoms with Crippen molar-refractivity contribution in [2.24, 2.45) is 11.8 Å². The molecule has 2 rings (SSSR count). The van der Waals surface area contributed by atoms with Gasteiger partial charge in [-0.2, -0.15) is 4.98 Å². The molecule has 6 heteroatoms. The zero-order valence-corrected chi connectivity index (χ0v) is 9.20. The number of nitrogen functional groups attached to an aromatic ring is 1. The van der Waals surface area contributed by atoms with E-state index in [9.17, 15) is 4.39 Å². The van der Waals surface area contributed by atoms with Crippen molar-refractivity contribution >= 4 is 11.8 Å². The zero-order valence-electron chi connectivity index (χ0n) is 9.20. The highest BCUT2D eigenvalue weighted by Gasteiger charge is 2.22. The van der Waals surface area contributed by atoms with Crippen molar-refractivity contribution < 1.29 is 4.39 Å². The Morgan fingerprint density at radius 3 is 2.94 bits per heavy atom. The third kappa shape index (κ3) is 2.38. The smallest absolute Gasteiger partial charge is 0.239 e. The summed E-state index contributed by atoms with van der Waals surface area (Å²) >= 11 is 0. The van der Waals surface area contributed by atoms with Gasteiger partial charge in [0.1, 0.15) is 0 Å². The minimum Gasteiger partial charge on any atom is -0.365 e. The molecule has 4 N–H and O–H groups in total. The molecule has 1 fully saturated rings. The first-order valence-corrected chi connectivity index (χ1v) is 5.44. The van der Waals surface area contributed by atoms with Gasteiger partial charge in [0.05, 0.1) is 6.20 Å². The summed E-state index contributed by atoms with van der Waals surface area (Å²) in [6.45, 7) is 2.20. The molecule has 0 aliphatic heterocycles. The van der Waals surface area contributed by atoms with Crippen molar-refractivity contribution in [3.63, 3.8) is 0 Å². The first-order valence-electron chi connectivity index (χ1n) is 5.44. The van der Waals surface area contributed by atoms with Crippen LogP contribution in [0.25, 0.3) is 0 Å². The van der Waals surface area contributed by atoms with Gasteiger partial charge in [-0.1, -0.05) is 6.92 Å². The molecule has 1 aromatic heterocycles. The molecule has 1 aliphatic carbocycles. The van der Waals surface area contributed by atoms with Crippen molar-refractivity contribution in [2.45, 2.75) is 32.2 Å². The summed E-state index contributed by atoms with van der Waals surface area (Å²) < 4.78 is 13.4. The highest BCUT2D eigenvalue weighted by molar-refractivity contribution is 5.41. The van der Waals surface area contributed by atoms with E-state index in [2.05, 4.69) is 27.6 Å². The third-order valence-electron chi connectivity index (χ3n) is 2.91. The maximum Gasteiger partial charge on any atom is 0.239 e. The molecule has 0 amide bonds. The molecule has 88 valence electrons. The Hall–Kier alpha value is -1.43. The van der Waals surface area contributed by atoms with Gasteiger partial charge in [0.25, 0.3) is 0 Å². The zero-order chi connectivity index (χ0) is 11.5. The number of hydrogen-bond acceptors (Lipinski definition) is 5. The summed E-state index contributed by atoms with van der Waals surface area (Å²) in [4.78, 5) is 7.63. The van der Waals surface area contributed by atoms with Gasteiger partial charge in [-0.05, 0) is 25.2 Å². The van der Waals surface area contributed by atoms with E-state index in [1.54, 1.807) is 0 Å². The number of nitrogens with one attached hydrogen (secondary N) is 2. The van der Waals surface area contributed by atoms with Crippen molar-refractivity contribution in [1.82, 2.24) is 9.97 Å². The molecule has 0 spiro atoms. The van der Waals surface area contributed by atoms with Crippen molar-refractivity contribution in [3.05, 3.63) is 12.0 Å². The van der Waals surface area contributed by atoms with Crippen LogP contribution in [-0.2, 0) is 0 Å². The van der Waals surface area contributed by atoms with Crippen LogP contribution in [0.15, 0.2) is 6.20 Å². The van der Waals surface area contributed by atoms with E-state index in [4.69, 9.17) is 5.84 Å². The summed E-state index contributed by atoms with van der Waals surface area (Å²) in [7, 11) is 0. The standard InChI is InChI=1S/C10H16FN5/c1-6-2-3-7(4-6)14-9-8(11)5-13-10(15-9)16-12/h5-7H,2-4,12H2,1H3,(H2,13,14,15,16). The van der Waals surface area contributed by atoms with Gasteiger partial charge in [-0.25, -0.2) is 15.2 Å². The normalized spacial score (nSPS) is 24.4. The van der Waals surface area contributed by atoms with Crippen LogP contribution in [0.3, 0.4) is 0 Å². The van der Waals surface area contributed by atoms with Gasteiger partial charge in [-0.15, -0.1) is 0 Å². The Kier molecular flexibility index (Phi) is 3.19. The summed E-state index contributed by atoms with van der Waals surface area (Å²) in [5.74, 6) is 5.86. The van der Waals surface area contributed by atoms with E-state index in [0.29, 0.717) is 12.0 Å². The largest absolute Gasteiger partial charge is 0.365 e. The monoisotopic (exact) mass is 225 g/mol. The Labute approximate surface area is 93.6 Å². The van der Waals surface area contributed by atoms with Crippen LogP contribution >= 0.6 is 0 Å². The van der Waals surface area contributed by atoms with Crippen LogP contribution in [0.4, 0.5) is 16.2 Å². The van der Waals surface area contributed by atoms with E-state index in [1.165, 1.54) is 6.42 Å². The Balaban J connectivity index is 2.08. The quantitative estimate of drug-likeness (QED) is 0.537. The van der Waals surface area contributed by atoms with E-state index in [0.717, 1.165) is 19.0 Å². The van der Waals surface area contributed by atoms with Gasteiger partial charge in [0, 0.05) is 6.04 Å². The van der Waals surface area contributed by atoms with Crippen LogP contribution in [0.1, 0.15) is 26.2 Å². The highest BCUT2D eigenvalue weighted by Crippen LogP contribution is 2.27. The molecule has 2 unspecified atom stereocenters. The van der Waals surface area contributed by atoms with Crippen LogP contribution in [0.5, 0.6) is 0 Å². The Morgan fingerprint density at radius 1 is 1.50 bits per heavy atom. The first kappa shape index (κ1) is 11.1. The topological polar surface area (TPSA) is 75.9 Å². The minimum atomic E-state index is -0.446. The van der Waals surface area contributed by atoms with Gasteiger partial charge in [-0.3, -0.25) is 5.43 Å². The van der Waals surface area contributed by atoms with Gasteiger partial charge >= 0.3 is 0 Å². The lowest BCUT2D eigenvalue weighted by Gasteiger charge is -2.13. The Morgan fingerprint density at radius 2 is 2.31 bits per heavy atom. The molecule has 0 radical (unpaired) electrons. The number of nitrogens with zero attached hydrogens (tertiary/aromatic N) is 2. The number of hydrogen-bond donors (Lipinski definition) is 3. The van der Waals surface area contributed by atoms with Crippen molar-refractivity contribution in [3.8, 4) is 0 Å². The van der Waals surface area contributed by atoms with Gasteiger partial charge in [0.15, 0.2) is 11.6 Å². The molecule has 1 heterocycles. The third-order valence-corrected chi connectivity index (χ3v) is 2.91. The molecule has 16 heavy (non-hydrogen) atoms. The first-order chi connectivity index (χ1) is 7.69. The average molecular weight is 225 g/mol. The molecule has 0 aromatic carbocycles. The fourth-order valence-electron chi connectivity index (χ4n) is 2.07. The summed E-state index contributed by atoms with van der Waals surface area (Å²) in [5, 5.41) is 3.09. The fourth-order valence-corrected chi connectivity index (χ4v) is 2.07. The minimum absolute atomic E-state index is 0.218. The maximum atomic E-state index is 13.4. The van der Waals surface area contributed by atoms with Crippen molar-refractivity contribution in [1.29, 1.82) is 0 Å². The lowest BCUT2D eigenvalue weighted by atomic mass is 10.1. The maximum absolute atomic E-state index is 13.4. The molecule has 2 atom stereocenters. The number of anilines is 2. The molecular weight excluding hydrogens is 209 g/mol. The highest BCUT2D eigenvalue weighted by atomic mass is 19.1. The van der Waals surface area contributed by atoms with E-state index in [1.807, 2.05) is 0 Å². The lowest BCUT2D eigenvalue weighted by Crippen LogP contribution is -2.19. The second kappa shape index (κ2) is 4.61. The van der Waals surface area contributed by atoms with Crippen molar-refractivity contribution in [2.75, 3.05) is 10.7 Å². The number of aromatic nitrogens is 2. The molecule has 0 bridgehead atoms. The molecule has 0 saturated heterocycles. The SMILES string of the molecule is CC1CCC(Nc2nc(NN)ncc2F)C1. The molecule has 1 saturated carbocycles. The fraction of sp³-hybridized carbons (Fsp3) is 0.600. The lowest BCUT2D eigenvalue weighted by molar-refractivity contribution is 0.593. The summed E-state index contributed by atoms with van der Waals surface area (Å²) in [5.41, 5.74) is 2.30. The molecular formula is C10H16FN5. The molecule has 1 aromatic rings. The molecule has 5 nitrogen and oxygen atoms in total. The van der Waals surface area contributed by atoms with Crippen LogP contribution in [0.2, 0.25) is 0 Å². The number of hydrazine groups is 1. The molecule has 1 aliphatic rings. The second-order valence-corrected chi connectivity index (χ2v) is 4.29. The summed E-state index contributed by atoms with van der Waals surface area (Å²) in [6, 6.07) is 0.296. The number of halogens is 1. The van der Waals surface area contributed by atoms with E-state index >= 15 is 0 Å². The van der Waals surface area contributed by atoms with Gasteiger partial charge < -0.3 is 5.32 Å². The average Bonchev–Trinajstić information content (AvgIpc) is 2.67. The van der Waals surface area contributed by atoms with E-state index < -0.39 is 5.82 Å². The van der Waals surface area contributed by atoms with Crippen LogP contribution in [0, 0.1) is 11.7 Å². The number of rotatable bonds is 3. The Bertz CT molecular complexity index is 370. The predicted octanol–water partition coefficient (Wildman–Crippen LogP) is 1.50. The second-order valence-electron chi connectivity index (χ2n) is 4.29. The van der Waals surface area contributed by atoms with Crippen LogP contribution in [-0.4, -0.2) is 16.0 Å². The number of nitrogens with two attached hydrogens (primary N) is 1.